The van der Waals surface area contributed by atoms with Crippen LogP contribution < -0.4 is 11.2 Å². The number of hydrogen-bond acceptors (Lipinski definition) is 6. The van der Waals surface area contributed by atoms with E-state index in [1.807, 2.05) is 31.2 Å². The molecule has 0 unspecified atom stereocenters. The number of aromatic amines is 1. The second kappa shape index (κ2) is 9.00. The maximum Gasteiger partial charge on any atom is 0.329 e. The fourth-order valence-electron chi connectivity index (χ4n) is 2.93. The number of esters is 1. The number of H-pyrrole nitrogens is 1. The van der Waals surface area contributed by atoms with Crippen LogP contribution in [-0.4, -0.2) is 36.9 Å². The second-order valence-corrected chi connectivity index (χ2v) is 8.45. The van der Waals surface area contributed by atoms with Crippen LogP contribution in [0.3, 0.4) is 0 Å². The van der Waals surface area contributed by atoms with Crippen molar-refractivity contribution in [3.05, 3.63) is 55.1 Å². The third-order valence-corrected chi connectivity index (χ3v) is 6.20. The van der Waals surface area contributed by atoms with Gasteiger partial charge in [-0.15, -0.1) is 0 Å². The van der Waals surface area contributed by atoms with Crippen molar-refractivity contribution in [2.45, 2.75) is 37.2 Å². The molecule has 0 fully saturated rings. The van der Waals surface area contributed by atoms with Crippen LogP contribution in [0, 0.1) is 0 Å². The van der Waals surface area contributed by atoms with Crippen LogP contribution in [0.15, 0.2) is 43.5 Å². The van der Waals surface area contributed by atoms with Crippen LogP contribution in [0.5, 0.6) is 0 Å². The Labute approximate surface area is 179 Å². The minimum Gasteiger partial charge on any atom is -0.465 e. The lowest BCUT2D eigenvalue weighted by atomic mass is 10.2. The van der Waals surface area contributed by atoms with Gasteiger partial charge in [0.2, 0.25) is 0 Å². The summed E-state index contributed by atoms with van der Waals surface area (Å²) in [6, 6.07) is 7.69. The molecule has 0 saturated heterocycles. The first-order valence-corrected chi connectivity index (χ1v) is 10.8. The predicted molar refractivity (Wildman–Crippen MR) is 115 cm³/mol. The minimum absolute atomic E-state index is 0.273. The summed E-state index contributed by atoms with van der Waals surface area (Å²) in [7, 11) is 1.55. The largest absolute Gasteiger partial charge is 0.465 e. The van der Waals surface area contributed by atoms with Gasteiger partial charge < -0.3 is 9.30 Å². The van der Waals surface area contributed by atoms with E-state index < -0.39 is 16.5 Å². The normalized spacial score (nSPS) is 12.3. The SMILES string of the molecule is CCOC(=O)[C@H](CC)Sc1nc2c(c(=O)[nH]c(=O)n2C)n1Cc1cccc(Br)c1. The quantitative estimate of drug-likeness (QED) is 0.412. The van der Waals surface area contributed by atoms with Crippen LogP contribution >= 0.6 is 27.7 Å². The molecule has 0 spiro atoms. The second-order valence-electron chi connectivity index (χ2n) is 6.37. The number of hydrogen-bond donors (Lipinski definition) is 1. The third kappa shape index (κ3) is 4.48. The molecule has 1 atom stereocenters. The van der Waals surface area contributed by atoms with E-state index in [2.05, 4.69) is 25.9 Å². The van der Waals surface area contributed by atoms with Crippen molar-refractivity contribution >= 4 is 44.8 Å². The number of ether oxygens (including phenoxy) is 1. The molecule has 1 N–H and O–H groups in total. The Morgan fingerprint density at radius 2 is 2.10 bits per heavy atom. The van der Waals surface area contributed by atoms with Gasteiger partial charge in [-0.25, -0.2) is 9.78 Å². The number of nitrogens with zero attached hydrogens (tertiary/aromatic N) is 3. The summed E-state index contributed by atoms with van der Waals surface area (Å²) in [6.07, 6.45) is 0.541. The van der Waals surface area contributed by atoms with Crippen LogP contribution in [0.4, 0.5) is 0 Å². The number of aromatic nitrogens is 4. The summed E-state index contributed by atoms with van der Waals surface area (Å²) in [4.78, 5) is 43.8. The highest BCUT2D eigenvalue weighted by Crippen LogP contribution is 2.29. The fraction of sp³-hybridized carbons (Fsp3) is 0.368. The molecule has 2 aromatic heterocycles. The van der Waals surface area contributed by atoms with Crippen LogP contribution in [0.25, 0.3) is 11.2 Å². The molecule has 2 heterocycles. The molecule has 0 aliphatic heterocycles. The van der Waals surface area contributed by atoms with Crippen LogP contribution in [0.2, 0.25) is 0 Å². The third-order valence-electron chi connectivity index (χ3n) is 4.37. The zero-order valence-electron chi connectivity index (χ0n) is 16.3. The maximum atomic E-state index is 12.6. The van der Waals surface area contributed by atoms with Gasteiger partial charge in [-0.05, 0) is 31.0 Å². The Balaban J connectivity index is 2.16. The van der Waals surface area contributed by atoms with Gasteiger partial charge in [-0.1, -0.05) is 46.7 Å². The molecule has 0 bridgehead atoms. The molecule has 3 aromatic rings. The van der Waals surface area contributed by atoms with E-state index in [0.717, 1.165) is 10.0 Å². The van der Waals surface area contributed by atoms with Crippen LogP contribution in [0.1, 0.15) is 25.8 Å². The molecule has 0 aliphatic carbocycles. The zero-order valence-corrected chi connectivity index (χ0v) is 18.7. The molecule has 10 heteroatoms. The number of rotatable bonds is 7. The highest BCUT2D eigenvalue weighted by Gasteiger charge is 2.25. The Morgan fingerprint density at radius 3 is 2.76 bits per heavy atom. The number of nitrogens with one attached hydrogen (secondary N) is 1. The standard InChI is InChI=1S/C19H21BrN4O4S/c1-4-13(17(26)28-5-2)29-19-21-15-14(16(25)22-18(27)23(15)3)24(19)10-11-7-6-8-12(20)9-11/h6-9,13H,4-5,10H2,1-3H3,(H,22,25,27)/t13-/m0/s1. The Hall–Kier alpha value is -2.33. The highest BCUT2D eigenvalue weighted by molar-refractivity contribution is 9.10. The maximum absolute atomic E-state index is 12.6. The minimum atomic E-state index is -0.538. The predicted octanol–water partition coefficient (Wildman–Crippen LogP) is 2.67. The van der Waals surface area contributed by atoms with Gasteiger partial charge in [0.15, 0.2) is 16.3 Å². The molecule has 0 saturated carbocycles. The summed E-state index contributed by atoms with van der Waals surface area (Å²) in [6.45, 7) is 4.29. The van der Waals surface area contributed by atoms with Crippen molar-refractivity contribution in [3.63, 3.8) is 0 Å². The molecule has 154 valence electrons. The molecular weight excluding hydrogens is 460 g/mol. The van der Waals surface area contributed by atoms with Crippen molar-refractivity contribution in [2.24, 2.45) is 7.05 Å². The first-order chi connectivity index (χ1) is 13.8. The average Bonchev–Trinajstić information content (AvgIpc) is 3.03. The fourth-order valence-corrected chi connectivity index (χ4v) is 4.38. The molecule has 8 nitrogen and oxygen atoms in total. The summed E-state index contributed by atoms with van der Waals surface area (Å²) in [5.74, 6) is -0.330. The summed E-state index contributed by atoms with van der Waals surface area (Å²) < 4.78 is 9.10. The zero-order chi connectivity index (χ0) is 21.1. The number of benzene rings is 1. The van der Waals surface area contributed by atoms with Gasteiger partial charge in [-0.3, -0.25) is 19.1 Å². The van der Waals surface area contributed by atoms with Crippen molar-refractivity contribution in [2.75, 3.05) is 6.61 Å². The number of halogens is 1. The lowest BCUT2D eigenvalue weighted by molar-refractivity contribution is -0.142. The van der Waals surface area contributed by atoms with Crippen LogP contribution in [-0.2, 0) is 23.1 Å². The van der Waals surface area contributed by atoms with Gasteiger partial charge >= 0.3 is 11.7 Å². The number of fused-ring (bicyclic) bond motifs is 1. The number of carbonyl (C=O) groups excluding carboxylic acids is 1. The Kier molecular flexibility index (Phi) is 6.63. The number of aryl methyl sites for hydroxylation is 1. The number of thioether (sulfide) groups is 1. The van der Waals surface area contributed by atoms with Crippen molar-refractivity contribution in [1.82, 2.24) is 19.1 Å². The van der Waals surface area contributed by atoms with E-state index in [9.17, 15) is 14.4 Å². The van der Waals surface area contributed by atoms with Gasteiger partial charge in [0.05, 0.1) is 13.2 Å². The summed E-state index contributed by atoms with van der Waals surface area (Å²) in [5.41, 5.74) is 0.450. The first kappa shape index (κ1) is 21.4. The number of carbonyl (C=O) groups is 1. The van der Waals surface area contributed by atoms with Gasteiger partial charge in [0.1, 0.15) is 5.25 Å². The van der Waals surface area contributed by atoms with Gasteiger partial charge in [0, 0.05) is 11.5 Å². The highest BCUT2D eigenvalue weighted by atomic mass is 79.9. The van der Waals surface area contributed by atoms with Gasteiger partial charge in [-0.2, -0.15) is 0 Å². The monoisotopic (exact) mass is 480 g/mol. The Bertz CT molecular complexity index is 1170. The smallest absolute Gasteiger partial charge is 0.329 e. The lowest BCUT2D eigenvalue weighted by Gasteiger charge is -2.14. The van der Waals surface area contributed by atoms with E-state index in [1.54, 1.807) is 18.5 Å². The molecule has 3 rings (SSSR count). The summed E-state index contributed by atoms with van der Waals surface area (Å²) >= 11 is 4.69. The average molecular weight is 481 g/mol. The molecule has 0 radical (unpaired) electrons. The summed E-state index contributed by atoms with van der Waals surface area (Å²) in [5, 5.41) is 0.00992. The molecule has 29 heavy (non-hydrogen) atoms. The first-order valence-electron chi connectivity index (χ1n) is 9.13. The van der Waals surface area contributed by atoms with Crippen molar-refractivity contribution in [3.8, 4) is 0 Å². The van der Waals surface area contributed by atoms with Crippen molar-refractivity contribution in [1.29, 1.82) is 0 Å². The molecule has 0 aliphatic rings. The van der Waals surface area contributed by atoms with E-state index in [1.165, 1.54) is 16.3 Å². The molecule has 0 amide bonds. The number of imidazole rings is 1. The van der Waals surface area contributed by atoms with E-state index in [-0.39, 0.29) is 17.1 Å². The lowest BCUT2D eigenvalue weighted by Crippen LogP contribution is -2.29. The topological polar surface area (TPSA) is 99.0 Å². The van der Waals surface area contributed by atoms with Gasteiger partial charge in [0.25, 0.3) is 5.56 Å². The van der Waals surface area contributed by atoms with E-state index in [4.69, 9.17) is 4.74 Å². The van der Waals surface area contributed by atoms with E-state index in [0.29, 0.717) is 24.7 Å². The van der Waals surface area contributed by atoms with Crippen molar-refractivity contribution < 1.29 is 9.53 Å². The molecule has 1 aromatic carbocycles. The van der Waals surface area contributed by atoms with E-state index >= 15 is 0 Å². The molecular formula is C19H21BrN4O4S. The Morgan fingerprint density at radius 1 is 1.34 bits per heavy atom.